The summed E-state index contributed by atoms with van der Waals surface area (Å²) >= 11 is 16.0. The highest BCUT2D eigenvalue weighted by Crippen LogP contribution is 2.45. The van der Waals surface area contributed by atoms with Crippen LogP contribution in [-0.2, 0) is 25.8 Å². The van der Waals surface area contributed by atoms with E-state index in [1.807, 2.05) is 24.3 Å². The van der Waals surface area contributed by atoms with Crippen LogP contribution in [0.15, 0.2) is 111 Å². The first-order valence-corrected chi connectivity index (χ1v) is 18.2. The summed E-state index contributed by atoms with van der Waals surface area (Å²) in [6.45, 7) is 0.592. The predicted octanol–water partition coefficient (Wildman–Crippen LogP) is 7.00. The number of sulfone groups is 1. The van der Waals surface area contributed by atoms with Gasteiger partial charge in [-0.25, -0.2) is 13.4 Å². The minimum absolute atomic E-state index is 0.0239. The molecule has 0 spiro atoms. The lowest BCUT2D eigenvalue weighted by Gasteiger charge is -2.31. The molecule has 0 radical (unpaired) electrons. The van der Waals surface area contributed by atoms with Crippen LogP contribution in [0.2, 0.25) is 10.0 Å². The molecule has 0 bridgehead atoms. The SMILES string of the molecule is O=C(NCCc1ccc(Cl)cc1Cl)[C@]1(CCS(=O)(=O)c2ccccc2)N=C(c2ccc(OCCCO)cc2)O[C@@H]1c1ccccc1Br. The molecule has 246 valence electrons. The van der Waals surface area contributed by atoms with Gasteiger partial charge in [-0.15, -0.1) is 0 Å². The number of ether oxygens (including phenoxy) is 2. The highest BCUT2D eigenvalue weighted by molar-refractivity contribution is 9.10. The van der Waals surface area contributed by atoms with Gasteiger partial charge in [0, 0.05) is 51.6 Å². The number of rotatable bonds is 14. The molecule has 0 aromatic heterocycles. The first kappa shape index (κ1) is 34.9. The molecule has 47 heavy (non-hydrogen) atoms. The Labute approximate surface area is 292 Å². The smallest absolute Gasteiger partial charge is 0.252 e. The van der Waals surface area contributed by atoms with Gasteiger partial charge < -0.3 is 19.9 Å². The Morgan fingerprint density at radius 3 is 2.43 bits per heavy atom. The van der Waals surface area contributed by atoms with E-state index >= 15 is 0 Å². The second-order valence-corrected chi connectivity index (χ2v) is 14.7. The number of aliphatic imine (C=N–C) groups is 1. The molecule has 8 nitrogen and oxygen atoms in total. The van der Waals surface area contributed by atoms with E-state index in [-0.39, 0.29) is 36.1 Å². The maximum atomic E-state index is 14.4. The highest BCUT2D eigenvalue weighted by atomic mass is 79.9. The summed E-state index contributed by atoms with van der Waals surface area (Å²) in [5.74, 6) is -0.0418. The van der Waals surface area contributed by atoms with Crippen molar-refractivity contribution in [3.63, 3.8) is 0 Å². The van der Waals surface area contributed by atoms with Crippen LogP contribution in [-0.4, -0.2) is 56.4 Å². The van der Waals surface area contributed by atoms with Crippen LogP contribution in [0, 0.1) is 0 Å². The lowest BCUT2D eigenvalue weighted by molar-refractivity contribution is -0.129. The lowest BCUT2D eigenvalue weighted by atomic mass is 9.85. The van der Waals surface area contributed by atoms with Gasteiger partial charge in [0.2, 0.25) is 5.90 Å². The number of aliphatic hydroxyl groups is 1. The number of amides is 1. The van der Waals surface area contributed by atoms with E-state index in [1.165, 1.54) is 12.1 Å². The topological polar surface area (TPSA) is 114 Å². The number of aliphatic hydroxyl groups excluding tert-OH is 1. The quantitative estimate of drug-likeness (QED) is 0.134. The van der Waals surface area contributed by atoms with Crippen molar-refractivity contribution in [2.75, 3.05) is 25.5 Å². The molecule has 1 aliphatic rings. The van der Waals surface area contributed by atoms with E-state index in [4.69, 9.17) is 42.8 Å². The molecule has 5 rings (SSSR count). The molecule has 2 N–H and O–H groups in total. The van der Waals surface area contributed by atoms with Crippen LogP contribution in [0.5, 0.6) is 5.75 Å². The summed E-state index contributed by atoms with van der Waals surface area (Å²) in [6.07, 6.45) is -0.206. The minimum Gasteiger partial charge on any atom is -0.494 e. The van der Waals surface area contributed by atoms with Crippen molar-refractivity contribution in [3.8, 4) is 5.75 Å². The second-order valence-electron chi connectivity index (χ2n) is 10.9. The Morgan fingerprint density at radius 2 is 1.72 bits per heavy atom. The molecule has 0 fully saturated rings. The molecule has 2 atom stereocenters. The van der Waals surface area contributed by atoms with Gasteiger partial charge in [0.1, 0.15) is 5.75 Å². The van der Waals surface area contributed by atoms with E-state index < -0.39 is 27.4 Å². The van der Waals surface area contributed by atoms with Gasteiger partial charge >= 0.3 is 0 Å². The molecule has 4 aromatic carbocycles. The Hall–Kier alpha value is -3.41. The van der Waals surface area contributed by atoms with E-state index in [0.717, 1.165) is 5.56 Å². The first-order valence-electron chi connectivity index (χ1n) is 15.0. The van der Waals surface area contributed by atoms with Crippen molar-refractivity contribution in [3.05, 3.63) is 128 Å². The van der Waals surface area contributed by atoms with Crippen molar-refractivity contribution in [1.29, 1.82) is 0 Å². The third-order valence-corrected chi connectivity index (χ3v) is 10.8. The Kier molecular flexibility index (Phi) is 11.6. The van der Waals surface area contributed by atoms with Crippen LogP contribution < -0.4 is 10.1 Å². The third kappa shape index (κ3) is 8.36. The minimum atomic E-state index is -3.79. The first-order chi connectivity index (χ1) is 22.6. The van der Waals surface area contributed by atoms with E-state index in [1.54, 1.807) is 60.7 Å². The van der Waals surface area contributed by atoms with E-state index in [0.29, 0.717) is 50.8 Å². The monoisotopic (exact) mass is 758 g/mol. The van der Waals surface area contributed by atoms with Gasteiger partial charge in [-0.05, 0) is 66.6 Å². The molecular formula is C35H33BrCl2N2O6S. The summed E-state index contributed by atoms with van der Waals surface area (Å²) < 4.78 is 39.9. The largest absolute Gasteiger partial charge is 0.494 e. The number of nitrogens with one attached hydrogen (secondary N) is 1. The fourth-order valence-electron chi connectivity index (χ4n) is 5.26. The average Bonchev–Trinajstić information content (AvgIpc) is 3.46. The van der Waals surface area contributed by atoms with Gasteiger partial charge in [0.15, 0.2) is 21.5 Å². The number of carbonyl (C=O) groups is 1. The Morgan fingerprint density at radius 1 is 1.00 bits per heavy atom. The summed E-state index contributed by atoms with van der Waals surface area (Å²) in [5.41, 5.74) is 0.377. The van der Waals surface area contributed by atoms with Crippen LogP contribution >= 0.6 is 39.1 Å². The molecule has 4 aromatic rings. The number of carbonyl (C=O) groups excluding carboxylic acids is 1. The predicted molar refractivity (Wildman–Crippen MR) is 187 cm³/mol. The average molecular weight is 761 g/mol. The molecular weight excluding hydrogens is 727 g/mol. The number of nitrogens with zero attached hydrogens (tertiary/aromatic N) is 1. The van der Waals surface area contributed by atoms with Crippen molar-refractivity contribution < 1.29 is 27.8 Å². The van der Waals surface area contributed by atoms with Crippen LogP contribution in [0.4, 0.5) is 0 Å². The van der Waals surface area contributed by atoms with Crippen molar-refractivity contribution in [1.82, 2.24) is 5.32 Å². The van der Waals surface area contributed by atoms with Gasteiger partial charge in [-0.2, -0.15) is 0 Å². The Bertz CT molecular complexity index is 1840. The molecule has 12 heteroatoms. The van der Waals surface area contributed by atoms with Crippen LogP contribution in [0.25, 0.3) is 0 Å². The molecule has 1 amide bonds. The highest BCUT2D eigenvalue weighted by Gasteiger charge is 2.54. The van der Waals surface area contributed by atoms with E-state index in [9.17, 15) is 13.2 Å². The molecule has 0 saturated heterocycles. The molecule has 0 aliphatic carbocycles. The second kappa shape index (κ2) is 15.7. The van der Waals surface area contributed by atoms with Crippen molar-refractivity contribution in [2.24, 2.45) is 4.99 Å². The van der Waals surface area contributed by atoms with Crippen molar-refractivity contribution in [2.45, 2.75) is 35.8 Å². The van der Waals surface area contributed by atoms with Crippen molar-refractivity contribution >= 4 is 60.8 Å². The number of hydrogen-bond donors (Lipinski definition) is 2. The van der Waals surface area contributed by atoms with Gasteiger partial charge in [0.05, 0.1) is 17.3 Å². The fourth-order valence-corrected chi connectivity index (χ4v) is 7.64. The molecule has 1 aliphatic heterocycles. The summed E-state index contributed by atoms with van der Waals surface area (Å²) in [6, 6.07) is 27.7. The number of hydrogen-bond acceptors (Lipinski definition) is 7. The summed E-state index contributed by atoms with van der Waals surface area (Å²) in [5, 5.41) is 13.0. The normalized spacial score (nSPS) is 17.5. The van der Waals surface area contributed by atoms with Gasteiger partial charge in [-0.3, -0.25) is 4.79 Å². The number of halogens is 3. The van der Waals surface area contributed by atoms with E-state index in [2.05, 4.69) is 21.2 Å². The lowest BCUT2D eigenvalue weighted by Crippen LogP contribution is -2.49. The zero-order valence-corrected chi connectivity index (χ0v) is 29.2. The van der Waals surface area contributed by atoms with Gasteiger partial charge in [0.25, 0.3) is 5.91 Å². The summed E-state index contributed by atoms with van der Waals surface area (Å²) in [4.78, 5) is 19.5. The zero-order chi connectivity index (χ0) is 33.4. The third-order valence-electron chi connectivity index (χ3n) is 7.77. The molecule has 1 heterocycles. The van der Waals surface area contributed by atoms with Crippen LogP contribution in [0.1, 0.15) is 35.6 Å². The maximum absolute atomic E-state index is 14.4. The standard InChI is InChI=1S/C35H33BrCl2N2O6S/c36-30-10-5-4-9-29(30)32-35(18-22-47(43,44)28-7-2-1-3-8-28,34(42)39-19-17-24-11-14-26(37)23-31(24)38)40-33(46-32)25-12-15-27(16-13-25)45-21-6-20-41/h1-5,7-16,23,32,41H,6,17-22H2,(H,39,42)/t32-,35-/m1/s1. The molecule has 0 unspecified atom stereocenters. The van der Waals surface area contributed by atoms with Crippen LogP contribution in [0.3, 0.4) is 0 Å². The zero-order valence-electron chi connectivity index (χ0n) is 25.2. The summed E-state index contributed by atoms with van der Waals surface area (Å²) in [7, 11) is -3.79. The molecule has 0 saturated carbocycles. The fraction of sp³-hybridized carbons (Fsp3) is 0.257. The number of benzene rings is 4. The maximum Gasteiger partial charge on any atom is 0.252 e. The van der Waals surface area contributed by atoms with Gasteiger partial charge in [-0.1, -0.05) is 81.6 Å². The Balaban J connectivity index is 1.52.